The summed E-state index contributed by atoms with van der Waals surface area (Å²) in [6.07, 6.45) is 4.03. The fourth-order valence-electron chi connectivity index (χ4n) is 2.51. The van der Waals surface area contributed by atoms with Gasteiger partial charge < -0.3 is 9.80 Å². The Labute approximate surface area is 120 Å². The monoisotopic (exact) mass is 284 g/mol. The molecular weight excluding hydrogens is 263 g/mol. The molecule has 4 heteroatoms. The second-order valence-electron chi connectivity index (χ2n) is 5.38. The summed E-state index contributed by atoms with van der Waals surface area (Å²) in [6, 6.07) is 4.63. The zero-order valence-electron chi connectivity index (χ0n) is 11.5. The van der Waals surface area contributed by atoms with Crippen molar-refractivity contribution >= 4 is 11.6 Å². The summed E-state index contributed by atoms with van der Waals surface area (Å²) >= 11 is 6.05. The maximum Gasteiger partial charge on any atom is 0.124 e. The lowest BCUT2D eigenvalue weighted by atomic mass is 10.1. The van der Waals surface area contributed by atoms with Gasteiger partial charge in [-0.2, -0.15) is 0 Å². The van der Waals surface area contributed by atoms with Crippen LogP contribution >= 0.6 is 11.6 Å². The average molecular weight is 285 g/mol. The minimum Gasteiger partial charge on any atom is -0.302 e. The smallest absolute Gasteiger partial charge is 0.124 e. The number of hydrogen-bond donors (Lipinski definition) is 0. The van der Waals surface area contributed by atoms with E-state index < -0.39 is 0 Å². The summed E-state index contributed by atoms with van der Waals surface area (Å²) < 4.78 is 13.0. The van der Waals surface area contributed by atoms with Crippen LogP contribution in [0.4, 0.5) is 4.39 Å². The lowest BCUT2D eigenvalue weighted by molar-refractivity contribution is 0.194. The molecule has 0 amide bonds. The Morgan fingerprint density at radius 1 is 1.26 bits per heavy atom. The van der Waals surface area contributed by atoms with E-state index in [4.69, 9.17) is 11.6 Å². The largest absolute Gasteiger partial charge is 0.302 e. The van der Waals surface area contributed by atoms with Crippen LogP contribution in [0, 0.1) is 5.82 Å². The molecule has 1 saturated heterocycles. The van der Waals surface area contributed by atoms with Gasteiger partial charge in [0.05, 0.1) is 0 Å². The van der Waals surface area contributed by atoms with Crippen molar-refractivity contribution in [1.82, 2.24) is 9.80 Å². The molecule has 0 saturated carbocycles. The third-order valence-electron chi connectivity index (χ3n) is 3.70. The lowest BCUT2D eigenvalue weighted by Crippen LogP contribution is -2.36. The number of likely N-dealkylation sites (N-methyl/N-ethyl adjacent to an activating group) is 1. The van der Waals surface area contributed by atoms with E-state index in [9.17, 15) is 4.39 Å². The van der Waals surface area contributed by atoms with Gasteiger partial charge in [-0.1, -0.05) is 24.1 Å². The van der Waals surface area contributed by atoms with E-state index in [2.05, 4.69) is 16.8 Å². The van der Waals surface area contributed by atoms with Gasteiger partial charge in [0.25, 0.3) is 0 Å². The van der Waals surface area contributed by atoms with Crippen molar-refractivity contribution in [1.29, 1.82) is 0 Å². The molecule has 1 heterocycles. The number of likely N-dealkylation sites (tertiary alicyclic amines) is 1. The molecule has 0 spiro atoms. The lowest BCUT2D eigenvalue weighted by Gasteiger charge is -2.28. The normalized spacial score (nSPS) is 17.1. The number of halogens is 2. The Morgan fingerprint density at radius 3 is 2.68 bits per heavy atom. The first-order valence-corrected chi connectivity index (χ1v) is 7.38. The van der Waals surface area contributed by atoms with Gasteiger partial charge in [-0.05, 0) is 50.7 Å². The van der Waals surface area contributed by atoms with Crippen molar-refractivity contribution in [3.05, 3.63) is 34.6 Å². The highest BCUT2D eigenvalue weighted by molar-refractivity contribution is 6.31. The van der Waals surface area contributed by atoms with Gasteiger partial charge in [0.15, 0.2) is 0 Å². The predicted octanol–water partition coefficient (Wildman–Crippen LogP) is 3.40. The van der Waals surface area contributed by atoms with Crippen LogP contribution in [0.2, 0.25) is 5.02 Å². The fraction of sp³-hybridized carbons (Fsp3) is 0.600. The Bertz CT molecular complexity index is 405. The topological polar surface area (TPSA) is 6.48 Å². The molecule has 1 aromatic rings. The van der Waals surface area contributed by atoms with E-state index in [0.29, 0.717) is 5.02 Å². The van der Waals surface area contributed by atoms with Crippen molar-refractivity contribution in [3.8, 4) is 0 Å². The third-order valence-corrected chi connectivity index (χ3v) is 4.05. The van der Waals surface area contributed by atoms with E-state index in [0.717, 1.165) is 25.2 Å². The summed E-state index contributed by atoms with van der Waals surface area (Å²) in [5, 5.41) is 0.518. The van der Waals surface area contributed by atoms with Crippen LogP contribution in [0.3, 0.4) is 0 Å². The van der Waals surface area contributed by atoms with E-state index in [-0.39, 0.29) is 5.82 Å². The third kappa shape index (κ3) is 4.75. The van der Waals surface area contributed by atoms with Gasteiger partial charge in [-0.25, -0.2) is 4.39 Å². The van der Waals surface area contributed by atoms with E-state index >= 15 is 0 Å². The van der Waals surface area contributed by atoms with Gasteiger partial charge in [-0.15, -0.1) is 0 Å². The Kier molecular flexibility index (Phi) is 5.61. The molecule has 2 rings (SSSR count). The summed E-state index contributed by atoms with van der Waals surface area (Å²) in [4.78, 5) is 4.76. The number of benzene rings is 1. The van der Waals surface area contributed by atoms with Crippen molar-refractivity contribution < 1.29 is 4.39 Å². The first-order valence-electron chi connectivity index (χ1n) is 7.00. The fourth-order valence-corrected chi connectivity index (χ4v) is 2.74. The van der Waals surface area contributed by atoms with Gasteiger partial charge in [0.2, 0.25) is 0 Å². The van der Waals surface area contributed by atoms with Crippen LogP contribution < -0.4 is 0 Å². The minimum absolute atomic E-state index is 0.273. The second kappa shape index (κ2) is 7.22. The van der Waals surface area contributed by atoms with E-state index in [1.165, 1.54) is 44.5 Å². The Balaban J connectivity index is 1.78. The Hall–Kier alpha value is -0.640. The predicted molar refractivity (Wildman–Crippen MR) is 78.0 cm³/mol. The second-order valence-corrected chi connectivity index (χ2v) is 5.78. The number of piperidine rings is 1. The molecule has 1 aliphatic rings. The zero-order chi connectivity index (χ0) is 13.7. The van der Waals surface area contributed by atoms with Crippen LogP contribution in [0.25, 0.3) is 0 Å². The summed E-state index contributed by atoms with van der Waals surface area (Å²) in [7, 11) is 2.09. The highest BCUT2D eigenvalue weighted by Crippen LogP contribution is 2.18. The molecule has 0 radical (unpaired) electrons. The maximum absolute atomic E-state index is 13.0. The molecular formula is C15H22ClFN2. The zero-order valence-corrected chi connectivity index (χ0v) is 12.3. The molecule has 19 heavy (non-hydrogen) atoms. The maximum atomic E-state index is 13.0. The standard InChI is InChI=1S/C15H22ClFN2/c1-18(9-10-19-7-3-2-4-8-19)12-13-5-6-14(17)11-15(13)16/h5-6,11H,2-4,7-10,12H2,1H3. The van der Waals surface area contributed by atoms with Crippen LogP contribution in [-0.4, -0.2) is 43.0 Å². The summed E-state index contributed by atoms with van der Waals surface area (Å²) in [6.45, 7) is 5.35. The molecule has 1 aliphatic heterocycles. The first kappa shape index (κ1) is 14.8. The molecule has 0 aliphatic carbocycles. The summed E-state index contributed by atoms with van der Waals surface area (Å²) in [5.74, 6) is -0.273. The number of hydrogen-bond acceptors (Lipinski definition) is 2. The van der Waals surface area contributed by atoms with Crippen LogP contribution in [0.1, 0.15) is 24.8 Å². The minimum atomic E-state index is -0.273. The van der Waals surface area contributed by atoms with Crippen molar-refractivity contribution in [2.75, 3.05) is 33.2 Å². The molecule has 1 aromatic carbocycles. The van der Waals surface area contributed by atoms with Gasteiger partial charge in [0.1, 0.15) is 5.82 Å². The molecule has 1 fully saturated rings. The number of nitrogens with zero attached hydrogens (tertiary/aromatic N) is 2. The van der Waals surface area contributed by atoms with Crippen molar-refractivity contribution in [2.45, 2.75) is 25.8 Å². The average Bonchev–Trinajstić information content (AvgIpc) is 2.41. The van der Waals surface area contributed by atoms with Crippen molar-refractivity contribution in [2.24, 2.45) is 0 Å². The quantitative estimate of drug-likeness (QED) is 0.818. The molecule has 0 unspecified atom stereocenters. The highest BCUT2D eigenvalue weighted by atomic mass is 35.5. The molecule has 0 bridgehead atoms. The van der Waals surface area contributed by atoms with Gasteiger partial charge in [0, 0.05) is 24.7 Å². The molecule has 2 nitrogen and oxygen atoms in total. The summed E-state index contributed by atoms with van der Waals surface area (Å²) in [5.41, 5.74) is 0.990. The van der Waals surface area contributed by atoms with Gasteiger partial charge in [-0.3, -0.25) is 0 Å². The SMILES string of the molecule is CN(CCN1CCCCC1)Cc1ccc(F)cc1Cl. The van der Waals surface area contributed by atoms with Gasteiger partial charge >= 0.3 is 0 Å². The molecule has 0 N–H and O–H groups in total. The molecule has 106 valence electrons. The van der Waals surface area contributed by atoms with Crippen LogP contribution in [-0.2, 0) is 6.54 Å². The van der Waals surface area contributed by atoms with Crippen LogP contribution in [0.5, 0.6) is 0 Å². The number of rotatable bonds is 5. The molecule has 0 atom stereocenters. The van der Waals surface area contributed by atoms with E-state index in [1.54, 1.807) is 6.07 Å². The molecule has 0 aromatic heterocycles. The van der Waals surface area contributed by atoms with Crippen LogP contribution in [0.15, 0.2) is 18.2 Å². The van der Waals surface area contributed by atoms with Crippen molar-refractivity contribution in [3.63, 3.8) is 0 Å². The highest BCUT2D eigenvalue weighted by Gasteiger charge is 2.11. The van der Waals surface area contributed by atoms with E-state index in [1.807, 2.05) is 0 Å². The Morgan fingerprint density at radius 2 is 2.00 bits per heavy atom. The first-order chi connectivity index (χ1) is 9.15.